The van der Waals surface area contributed by atoms with Crippen LogP contribution >= 0.6 is 34.5 Å². The first kappa shape index (κ1) is 25.3. The number of hydrogen-bond acceptors (Lipinski definition) is 5. The highest BCUT2D eigenvalue weighted by atomic mass is 35.5. The molecule has 0 aliphatic carbocycles. The number of rotatable bonds is 8. The Hall–Kier alpha value is -3.38. The van der Waals surface area contributed by atoms with Gasteiger partial charge in [-0.2, -0.15) is 0 Å². The Morgan fingerprint density at radius 3 is 2.57 bits per heavy atom. The number of benzene rings is 4. The van der Waals surface area contributed by atoms with Crippen LogP contribution in [0.4, 0.5) is 5.69 Å². The van der Waals surface area contributed by atoms with Gasteiger partial charge in [0.2, 0.25) is 0 Å². The number of thiazole rings is 1. The minimum absolute atomic E-state index is 0.275. The standard InChI is InChI=1S/C30H24Cl2N2O2S/c1-3-35-27-6-4-5-21(29(27)36-18-22-8-11-23(31)16-25(22)32)17-33-24-12-9-20(10-13-24)30-34-26-14-7-19(2)15-28(26)37-30/h4-17H,3,18H2,1-2H3. The third-order valence-corrected chi connectivity index (χ3v) is 7.36. The maximum atomic E-state index is 6.34. The topological polar surface area (TPSA) is 43.7 Å². The van der Waals surface area contributed by atoms with Gasteiger partial charge < -0.3 is 9.47 Å². The molecule has 0 spiro atoms. The van der Waals surface area contributed by atoms with Crippen molar-refractivity contribution in [1.29, 1.82) is 0 Å². The normalized spacial score (nSPS) is 11.4. The van der Waals surface area contributed by atoms with Crippen molar-refractivity contribution in [2.45, 2.75) is 20.5 Å². The van der Waals surface area contributed by atoms with Gasteiger partial charge in [-0.1, -0.05) is 41.4 Å². The van der Waals surface area contributed by atoms with Gasteiger partial charge >= 0.3 is 0 Å². The summed E-state index contributed by atoms with van der Waals surface area (Å²) in [4.78, 5) is 9.47. The van der Waals surface area contributed by atoms with Crippen LogP contribution in [0.5, 0.6) is 11.5 Å². The molecule has 5 rings (SSSR count). The van der Waals surface area contributed by atoms with E-state index >= 15 is 0 Å². The smallest absolute Gasteiger partial charge is 0.170 e. The average molecular weight is 548 g/mol. The van der Waals surface area contributed by atoms with E-state index in [1.807, 2.05) is 55.5 Å². The zero-order chi connectivity index (χ0) is 25.8. The largest absolute Gasteiger partial charge is 0.490 e. The molecule has 0 aliphatic heterocycles. The molecule has 0 bridgehead atoms. The first-order valence-corrected chi connectivity index (χ1v) is 13.4. The molecule has 0 amide bonds. The van der Waals surface area contributed by atoms with Crippen molar-refractivity contribution in [2.24, 2.45) is 4.99 Å². The van der Waals surface area contributed by atoms with E-state index < -0.39 is 0 Å². The summed E-state index contributed by atoms with van der Waals surface area (Å²) in [6, 6.07) is 25.5. The maximum absolute atomic E-state index is 6.34. The number of hydrogen-bond donors (Lipinski definition) is 0. The number of ether oxygens (including phenoxy) is 2. The van der Waals surface area contributed by atoms with Crippen LogP contribution in [0.25, 0.3) is 20.8 Å². The number of aryl methyl sites for hydroxylation is 1. The first-order valence-electron chi connectivity index (χ1n) is 11.8. The van der Waals surface area contributed by atoms with Gasteiger partial charge in [0.15, 0.2) is 11.5 Å². The molecule has 1 heterocycles. The molecule has 1 aromatic heterocycles. The highest BCUT2D eigenvalue weighted by Gasteiger charge is 2.12. The molecule has 0 aliphatic rings. The van der Waals surface area contributed by atoms with E-state index in [0.717, 1.165) is 32.9 Å². The lowest BCUT2D eigenvalue weighted by Gasteiger charge is -2.15. The minimum atomic E-state index is 0.275. The molecule has 0 saturated carbocycles. The molecule has 4 nitrogen and oxygen atoms in total. The first-order chi connectivity index (χ1) is 18.0. The van der Waals surface area contributed by atoms with Crippen molar-refractivity contribution in [3.05, 3.63) is 106 Å². The second kappa shape index (κ2) is 11.3. The van der Waals surface area contributed by atoms with Crippen molar-refractivity contribution in [3.8, 4) is 22.1 Å². The van der Waals surface area contributed by atoms with Crippen LogP contribution < -0.4 is 9.47 Å². The third-order valence-electron chi connectivity index (χ3n) is 5.71. The summed E-state index contributed by atoms with van der Waals surface area (Å²) in [5.41, 5.74) is 5.80. The third kappa shape index (κ3) is 5.96. The van der Waals surface area contributed by atoms with Crippen LogP contribution in [0.15, 0.2) is 83.9 Å². The maximum Gasteiger partial charge on any atom is 0.170 e. The molecule has 37 heavy (non-hydrogen) atoms. The van der Waals surface area contributed by atoms with Gasteiger partial charge in [0.05, 0.1) is 22.5 Å². The average Bonchev–Trinajstić information content (AvgIpc) is 3.31. The number of para-hydroxylation sites is 1. The Bertz CT molecular complexity index is 1580. The zero-order valence-electron chi connectivity index (χ0n) is 20.4. The van der Waals surface area contributed by atoms with E-state index in [0.29, 0.717) is 28.2 Å². The lowest BCUT2D eigenvalue weighted by Crippen LogP contribution is -2.03. The molecule has 186 valence electrons. The fourth-order valence-corrected chi connectivity index (χ4v) is 5.37. The van der Waals surface area contributed by atoms with Gasteiger partial charge in [-0.3, -0.25) is 4.99 Å². The number of aromatic nitrogens is 1. The zero-order valence-corrected chi connectivity index (χ0v) is 22.7. The summed E-state index contributed by atoms with van der Waals surface area (Å²) in [6.07, 6.45) is 1.79. The predicted molar refractivity (Wildman–Crippen MR) is 155 cm³/mol. The van der Waals surface area contributed by atoms with Crippen molar-refractivity contribution < 1.29 is 9.47 Å². The summed E-state index contributed by atoms with van der Waals surface area (Å²) >= 11 is 14.1. The Kier molecular flexibility index (Phi) is 7.75. The number of nitrogens with zero attached hydrogens (tertiary/aromatic N) is 2. The van der Waals surface area contributed by atoms with Gasteiger partial charge in [0.25, 0.3) is 0 Å². The van der Waals surface area contributed by atoms with Crippen LogP contribution in [0.3, 0.4) is 0 Å². The number of fused-ring (bicyclic) bond motifs is 1. The number of halogens is 2. The van der Waals surface area contributed by atoms with E-state index in [4.69, 9.17) is 42.7 Å². The molecular formula is C30H24Cl2N2O2S. The molecular weight excluding hydrogens is 523 g/mol. The Balaban J connectivity index is 1.37. The summed E-state index contributed by atoms with van der Waals surface area (Å²) in [6.45, 7) is 4.83. The van der Waals surface area contributed by atoms with Crippen LogP contribution in [0, 0.1) is 6.92 Å². The van der Waals surface area contributed by atoms with Crippen molar-refractivity contribution >= 4 is 56.7 Å². The molecule has 0 atom stereocenters. The summed E-state index contributed by atoms with van der Waals surface area (Å²) in [5, 5.41) is 2.14. The number of aliphatic imine (C=N–C) groups is 1. The van der Waals surface area contributed by atoms with Crippen LogP contribution in [-0.2, 0) is 6.61 Å². The van der Waals surface area contributed by atoms with E-state index in [9.17, 15) is 0 Å². The lowest BCUT2D eigenvalue weighted by molar-refractivity contribution is 0.269. The van der Waals surface area contributed by atoms with Crippen molar-refractivity contribution in [1.82, 2.24) is 4.98 Å². The van der Waals surface area contributed by atoms with Gasteiger partial charge in [0.1, 0.15) is 11.6 Å². The second-order valence-electron chi connectivity index (χ2n) is 8.43. The SMILES string of the molecule is CCOc1cccc(C=Nc2ccc(-c3nc4ccc(C)cc4s3)cc2)c1OCc1ccc(Cl)cc1Cl. The monoisotopic (exact) mass is 546 g/mol. The highest BCUT2D eigenvalue weighted by Crippen LogP contribution is 2.34. The van der Waals surface area contributed by atoms with Gasteiger partial charge in [0, 0.05) is 33.0 Å². The highest BCUT2D eigenvalue weighted by molar-refractivity contribution is 7.21. The van der Waals surface area contributed by atoms with Crippen LogP contribution in [-0.4, -0.2) is 17.8 Å². The molecule has 0 N–H and O–H groups in total. The van der Waals surface area contributed by atoms with Crippen LogP contribution in [0.2, 0.25) is 10.0 Å². The Morgan fingerprint density at radius 2 is 1.78 bits per heavy atom. The quantitative estimate of drug-likeness (QED) is 0.182. The van der Waals surface area contributed by atoms with E-state index in [2.05, 4.69) is 25.1 Å². The van der Waals surface area contributed by atoms with E-state index in [-0.39, 0.29) is 6.61 Å². The molecule has 0 unspecified atom stereocenters. The van der Waals surface area contributed by atoms with Gasteiger partial charge in [-0.25, -0.2) is 4.98 Å². The van der Waals surface area contributed by atoms with Crippen LogP contribution in [0.1, 0.15) is 23.6 Å². The van der Waals surface area contributed by atoms with Gasteiger partial charge in [-0.15, -0.1) is 11.3 Å². The molecule has 0 radical (unpaired) electrons. The van der Waals surface area contributed by atoms with E-state index in [1.165, 1.54) is 10.3 Å². The Labute approximate surface area is 230 Å². The predicted octanol–water partition coefficient (Wildman–Crippen LogP) is 9.31. The molecule has 4 aromatic carbocycles. The van der Waals surface area contributed by atoms with E-state index in [1.54, 1.807) is 29.7 Å². The second-order valence-corrected chi connectivity index (χ2v) is 10.3. The summed E-state index contributed by atoms with van der Waals surface area (Å²) in [7, 11) is 0. The fourth-order valence-electron chi connectivity index (χ4n) is 3.84. The van der Waals surface area contributed by atoms with Crippen molar-refractivity contribution in [2.75, 3.05) is 6.61 Å². The van der Waals surface area contributed by atoms with Crippen molar-refractivity contribution in [3.63, 3.8) is 0 Å². The molecule has 7 heteroatoms. The summed E-state index contributed by atoms with van der Waals surface area (Å²) < 4.78 is 13.2. The molecule has 0 fully saturated rings. The fraction of sp³-hybridized carbons (Fsp3) is 0.133. The molecule has 0 saturated heterocycles. The summed E-state index contributed by atoms with van der Waals surface area (Å²) in [5.74, 6) is 1.26. The molecule has 5 aromatic rings. The van der Waals surface area contributed by atoms with Gasteiger partial charge in [-0.05, 0) is 80.1 Å². The minimum Gasteiger partial charge on any atom is -0.490 e. The lowest BCUT2D eigenvalue weighted by atomic mass is 10.2. The Morgan fingerprint density at radius 1 is 0.946 bits per heavy atom.